The third-order valence-electron chi connectivity index (χ3n) is 4.49. The molecule has 1 aliphatic rings. The lowest BCUT2D eigenvalue weighted by Gasteiger charge is -2.16. The number of rotatable bonds is 4. The lowest BCUT2D eigenvalue weighted by atomic mass is 9.99. The van der Waals surface area contributed by atoms with Gasteiger partial charge in [-0.15, -0.1) is 0 Å². The fourth-order valence-corrected chi connectivity index (χ4v) is 3.14. The highest BCUT2D eigenvalue weighted by molar-refractivity contribution is 7.71. The summed E-state index contributed by atoms with van der Waals surface area (Å²) >= 11 is 5.14. The molecule has 3 rings (SSSR count). The zero-order valence-electron chi connectivity index (χ0n) is 14.9. The Morgan fingerprint density at radius 2 is 2.00 bits per heavy atom. The average Bonchev–Trinajstić information content (AvgIpc) is 3.13. The maximum Gasteiger partial charge on any atom is 0.267 e. The van der Waals surface area contributed by atoms with E-state index in [4.69, 9.17) is 21.7 Å². The molecule has 0 spiro atoms. The topological polar surface area (TPSA) is 90.0 Å². The average molecular weight is 376 g/mol. The van der Waals surface area contributed by atoms with E-state index < -0.39 is 0 Å². The van der Waals surface area contributed by atoms with Crippen LogP contribution in [0, 0.1) is 4.77 Å². The highest BCUT2D eigenvalue weighted by Crippen LogP contribution is 2.34. The first-order valence-electron chi connectivity index (χ1n) is 7.92. The molecule has 26 heavy (non-hydrogen) atoms. The molecule has 138 valence electrons. The summed E-state index contributed by atoms with van der Waals surface area (Å²) in [5.41, 5.74) is 4.13. The largest absolute Gasteiger partial charge is 0.497 e. The van der Waals surface area contributed by atoms with Crippen LogP contribution in [0.5, 0.6) is 17.4 Å². The number of nitrogens with zero attached hydrogens (tertiary/aromatic N) is 3. The number of ether oxygens (including phenoxy) is 2. The zero-order valence-corrected chi connectivity index (χ0v) is 15.8. The van der Waals surface area contributed by atoms with Crippen molar-refractivity contribution in [3.8, 4) is 17.4 Å². The van der Waals surface area contributed by atoms with E-state index in [0.29, 0.717) is 23.6 Å². The van der Waals surface area contributed by atoms with Gasteiger partial charge in [0.15, 0.2) is 4.77 Å². The van der Waals surface area contributed by atoms with E-state index in [2.05, 4.69) is 10.5 Å². The first-order chi connectivity index (χ1) is 12.4. The number of aromatic hydroxyl groups is 1. The Balaban J connectivity index is 1.98. The van der Waals surface area contributed by atoms with Crippen LogP contribution in [0.3, 0.4) is 0 Å². The summed E-state index contributed by atoms with van der Waals surface area (Å²) < 4.78 is 13.6. The van der Waals surface area contributed by atoms with Crippen molar-refractivity contribution in [3.63, 3.8) is 0 Å². The van der Waals surface area contributed by atoms with Gasteiger partial charge in [0.1, 0.15) is 17.1 Å². The van der Waals surface area contributed by atoms with Crippen LogP contribution in [0.15, 0.2) is 28.1 Å². The predicted molar refractivity (Wildman–Crippen MR) is 99.7 cm³/mol. The molecular formula is C17H20N4O4S. The van der Waals surface area contributed by atoms with Crippen molar-refractivity contribution in [2.45, 2.75) is 12.5 Å². The van der Waals surface area contributed by atoms with E-state index in [0.717, 1.165) is 5.56 Å². The molecule has 0 bridgehead atoms. The van der Waals surface area contributed by atoms with E-state index in [1.165, 1.54) is 9.13 Å². The third kappa shape index (κ3) is 2.84. The number of methoxy groups -OCH3 is 2. The van der Waals surface area contributed by atoms with E-state index in [1.807, 2.05) is 12.1 Å². The second kappa shape index (κ2) is 6.83. The maximum atomic E-state index is 12.6. The molecule has 1 aromatic carbocycles. The van der Waals surface area contributed by atoms with Crippen molar-refractivity contribution in [1.82, 2.24) is 14.6 Å². The Hall–Kier alpha value is -2.81. The van der Waals surface area contributed by atoms with Gasteiger partial charge in [0.2, 0.25) is 5.88 Å². The number of aromatic nitrogens is 2. The molecule has 2 aromatic rings. The standard InChI is InChI=1S/C17H20N4O4S/c1-20-15(22)14(16(23)21(2)17(20)26)12-8-11(18-19-12)10-6-5-9(24-3)7-13(10)25-4/h5-7,11,18,22H,8H2,1-4H3. The fourth-order valence-electron chi connectivity index (χ4n) is 2.97. The Morgan fingerprint density at radius 3 is 2.65 bits per heavy atom. The molecule has 1 aliphatic heterocycles. The predicted octanol–water partition coefficient (Wildman–Crippen LogP) is 1.61. The normalized spacial score (nSPS) is 16.2. The van der Waals surface area contributed by atoms with E-state index in [-0.39, 0.29) is 27.8 Å². The Kier molecular flexibility index (Phi) is 4.73. The van der Waals surface area contributed by atoms with Crippen molar-refractivity contribution >= 4 is 17.9 Å². The number of hydrogen-bond donors (Lipinski definition) is 2. The third-order valence-corrected chi connectivity index (χ3v) is 5.04. The van der Waals surface area contributed by atoms with Gasteiger partial charge in [0.25, 0.3) is 5.56 Å². The first kappa shape index (κ1) is 18.0. The fraction of sp³-hybridized carbons (Fsp3) is 0.353. The van der Waals surface area contributed by atoms with Crippen LogP contribution in [-0.4, -0.2) is 34.2 Å². The van der Waals surface area contributed by atoms with Gasteiger partial charge in [0, 0.05) is 32.1 Å². The van der Waals surface area contributed by atoms with Crippen LogP contribution < -0.4 is 20.5 Å². The summed E-state index contributed by atoms with van der Waals surface area (Å²) in [5.74, 6) is 1.15. The molecule has 0 fully saturated rings. The summed E-state index contributed by atoms with van der Waals surface area (Å²) in [5, 5.41) is 14.7. The Morgan fingerprint density at radius 1 is 1.27 bits per heavy atom. The molecule has 9 heteroatoms. The number of benzene rings is 1. The summed E-state index contributed by atoms with van der Waals surface area (Å²) in [6.07, 6.45) is 0.419. The van der Waals surface area contributed by atoms with Crippen LogP contribution in [0.1, 0.15) is 23.6 Å². The van der Waals surface area contributed by atoms with Gasteiger partial charge in [0.05, 0.1) is 26.0 Å². The summed E-state index contributed by atoms with van der Waals surface area (Å²) in [4.78, 5) is 12.6. The highest BCUT2D eigenvalue weighted by Gasteiger charge is 2.28. The Bertz CT molecular complexity index is 1010. The molecule has 1 aromatic heterocycles. The molecule has 0 saturated carbocycles. The molecular weight excluding hydrogens is 356 g/mol. The zero-order chi connectivity index (χ0) is 19.0. The molecule has 0 saturated heterocycles. The molecule has 8 nitrogen and oxygen atoms in total. The van der Waals surface area contributed by atoms with Crippen molar-refractivity contribution in [3.05, 3.63) is 44.5 Å². The van der Waals surface area contributed by atoms with Gasteiger partial charge in [-0.05, 0) is 24.4 Å². The van der Waals surface area contributed by atoms with Gasteiger partial charge in [-0.1, -0.05) is 0 Å². The number of hydrogen-bond acceptors (Lipinski definition) is 7. The minimum absolute atomic E-state index is 0.145. The van der Waals surface area contributed by atoms with Crippen molar-refractivity contribution in [1.29, 1.82) is 0 Å². The van der Waals surface area contributed by atoms with Gasteiger partial charge >= 0.3 is 0 Å². The monoisotopic (exact) mass is 376 g/mol. The minimum atomic E-state index is -0.381. The maximum absolute atomic E-state index is 12.6. The van der Waals surface area contributed by atoms with Crippen LogP contribution >= 0.6 is 12.2 Å². The van der Waals surface area contributed by atoms with Gasteiger partial charge in [-0.2, -0.15) is 5.10 Å². The van der Waals surface area contributed by atoms with E-state index in [1.54, 1.807) is 34.4 Å². The van der Waals surface area contributed by atoms with E-state index >= 15 is 0 Å². The van der Waals surface area contributed by atoms with Crippen molar-refractivity contribution in [2.24, 2.45) is 19.2 Å². The lowest BCUT2D eigenvalue weighted by molar-refractivity contribution is 0.386. The molecule has 2 N–H and O–H groups in total. The number of nitrogens with one attached hydrogen (secondary N) is 1. The van der Waals surface area contributed by atoms with Gasteiger partial charge in [-0.25, -0.2) is 0 Å². The quantitative estimate of drug-likeness (QED) is 0.788. The highest BCUT2D eigenvalue weighted by atomic mass is 32.1. The SMILES string of the molecule is COc1ccc(C2CC(c3c(O)n(C)c(=S)n(C)c3=O)=NN2)c(OC)c1. The van der Waals surface area contributed by atoms with Crippen molar-refractivity contribution < 1.29 is 14.6 Å². The smallest absolute Gasteiger partial charge is 0.267 e. The van der Waals surface area contributed by atoms with Crippen LogP contribution in [0.25, 0.3) is 0 Å². The molecule has 0 radical (unpaired) electrons. The molecule has 1 unspecified atom stereocenters. The molecule has 0 aliphatic carbocycles. The van der Waals surface area contributed by atoms with Gasteiger partial charge < -0.3 is 20.0 Å². The first-order valence-corrected chi connectivity index (χ1v) is 8.33. The van der Waals surface area contributed by atoms with Crippen molar-refractivity contribution in [2.75, 3.05) is 14.2 Å². The summed E-state index contributed by atoms with van der Waals surface area (Å²) in [6.45, 7) is 0. The second-order valence-corrected chi connectivity index (χ2v) is 6.32. The molecule has 1 atom stereocenters. The van der Waals surface area contributed by atoms with E-state index in [9.17, 15) is 9.90 Å². The molecule has 2 heterocycles. The number of hydrazone groups is 1. The van der Waals surface area contributed by atoms with Gasteiger partial charge in [-0.3, -0.25) is 13.9 Å². The van der Waals surface area contributed by atoms with Crippen LogP contribution in [0.2, 0.25) is 0 Å². The molecule has 0 amide bonds. The Labute approximate surface area is 155 Å². The minimum Gasteiger partial charge on any atom is -0.497 e. The summed E-state index contributed by atoms with van der Waals surface area (Å²) in [6, 6.07) is 5.32. The second-order valence-electron chi connectivity index (χ2n) is 5.96. The van der Waals surface area contributed by atoms with Crippen LogP contribution in [-0.2, 0) is 14.1 Å². The van der Waals surface area contributed by atoms with Crippen LogP contribution in [0.4, 0.5) is 0 Å². The summed E-state index contributed by atoms with van der Waals surface area (Å²) in [7, 11) is 6.35. The lowest BCUT2D eigenvalue weighted by Crippen LogP contribution is -2.28.